The zero-order chi connectivity index (χ0) is 13.9. The Labute approximate surface area is 122 Å². The molecule has 1 heterocycles. The molecule has 0 spiro atoms. The zero-order valence-corrected chi connectivity index (χ0v) is 11.8. The van der Waals surface area contributed by atoms with E-state index >= 15 is 0 Å². The van der Waals surface area contributed by atoms with Crippen LogP contribution in [0.2, 0.25) is 0 Å². The third-order valence-electron chi connectivity index (χ3n) is 3.40. The largest absolute Gasteiger partial charge is 0.493 e. The Kier molecular flexibility index (Phi) is 3.65. The molecule has 0 amide bonds. The molecule has 1 unspecified atom stereocenters. The van der Waals surface area contributed by atoms with Gasteiger partial charge in [0.25, 0.3) is 0 Å². The Hall–Kier alpha value is -1.94. The molecule has 4 heteroatoms. The highest BCUT2D eigenvalue weighted by Crippen LogP contribution is 2.39. The van der Waals surface area contributed by atoms with E-state index in [1.807, 2.05) is 36.0 Å². The van der Waals surface area contributed by atoms with Crippen molar-refractivity contribution in [2.24, 2.45) is 5.73 Å². The lowest BCUT2D eigenvalue weighted by atomic mass is 10.0. The van der Waals surface area contributed by atoms with Gasteiger partial charge in [0, 0.05) is 22.1 Å². The molecule has 0 fully saturated rings. The second-order valence-corrected chi connectivity index (χ2v) is 5.86. The monoisotopic (exact) mass is 284 g/mol. The summed E-state index contributed by atoms with van der Waals surface area (Å²) in [5.74, 6) is 2.33. The van der Waals surface area contributed by atoms with Gasteiger partial charge in [-0.3, -0.25) is 5.41 Å². The van der Waals surface area contributed by atoms with Crippen molar-refractivity contribution in [2.75, 3.05) is 12.4 Å². The molecule has 0 aromatic heterocycles. The third-order valence-corrected chi connectivity index (χ3v) is 4.65. The van der Waals surface area contributed by atoms with Gasteiger partial charge in [-0.1, -0.05) is 30.3 Å². The van der Waals surface area contributed by atoms with Gasteiger partial charge in [0.05, 0.1) is 6.61 Å². The molecule has 0 radical (unpaired) electrons. The molecule has 2 aromatic rings. The van der Waals surface area contributed by atoms with E-state index in [-0.39, 0.29) is 5.84 Å². The summed E-state index contributed by atoms with van der Waals surface area (Å²) in [4.78, 5) is 1.36. The SMILES string of the molecule is N=C(N)c1cccc(OCC2CSc3ccccc32)c1. The van der Waals surface area contributed by atoms with Crippen LogP contribution >= 0.6 is 11.8 Å². The standard InChI is InChI=1S/C16H16N2OS/c17-16(18)11-4-3-5-13(8-11)19-9-12-10-20-15-7-2-1-6-14(12)15/h1-8,12H,9-10H2,(H3,17,18). The highest BCUT2D eigenvalue weighted by atomic mass is 32.2. The molecule has 3 N–H and O–H groups in total. The fraction of sp³-hybridized carbons (Fsp3) is 0.188. The summed E-state index contributed by atoms with van der Waals surface area (Å²) in [5.41, 5.74) is 7.56. The Balaban J connectivity index is 1.69. The molecule has 102 valence electrons. The molecular weight excluding hydrogens is 268 g/mol. The van der Waals surface area contributed by atoms with Crippen LogP contribution in [0.15, 0.2) is 53.4 Å². The van der Waals surface area contributed by atoms with E-state index in [0.717, 1.165) is 11.5 Å². The molecular formula is C16H16N2OS. The van der Waals surface area contributed by atoms with Crippen molar-refractivity contribution < 1.29 is 4.74 Å². The van der Waals surface area contributed by atoms with E-state index in [1.54, 1.807) is 0 Å². The summed E-state index contributed by atoms with van der Waals surface area (Å²) < 4.78 is 5.87. The molecule has 3 rings (SSSR count). The van der Waals surface area contributed by atoms with Crippen molar-refractivity contribution in [1.29, 1.82) is 5.41 Å². The Morgan fingerprint density at radius 3 is 2.95 bits per heavy atom. The van der Waals surface area contributed by atoms with Crippen LogP contribution in [0.3, 0.4) is 0 Å². The first-order valence-electron chi connectivity index (χ1n) is 6.53. The number of ether oxygens (including phenoxy) is 1. The van der Waals surface area contributed by atoms with Gasteiger partial charge in [-0.25, -0.2) is 0 Å². The van der Waals surface area contributed by atoms with E-state index < -0.39 is 0 Å². The molecule has 0 bridgehead atoms. The number of nitrogens with two attached hydrogens (primary N) is 1. The number of benzene rings is 2. The second-order valence-electron chi connectivity index (χ2n) is 4.80. The summed E-state index contributed by atoms with van der Waals surface area (Å²) in [6.45, 7) is 0.658. The first-order valence-corrected chi connectivity index (χ1v) is 7.51. The zero-order valence-electron chi connectivity index (χ0n) is 11.0. The Morgan fingerprint density at radius 1 is 1.25 bits per heavy atom. The van der Waals surface area contributed by atoms with Crippen molar-refractivity contribution in [3.63, 3.8) is 0 Å². The maximum absolute atomic E-state index is 7.45. The third kappa shape index (κ3) is 2.65. The van der Waals surface area contributed by atoms with Crippen LogP contribution in [0, 0.1) is 5.41 Å². The first-order chi connectivity index (χ1) is 9.74. The summed E-state index contributed by atoms with van der Waals surface area (Å²) >= 11 is 1.89. The van der Waals surface area contributed by atoms with Crippen molar-refractivity contribution in [2.45, 2.75) is 10.8 Å². The van der Waals surface area contributed by atoms with Crippen LogP contribution in [0.5, 0.6) is 5.75 Å². The fourth-order valence-corrected chi connectivity index (χ4v) is 3.55. The highest BCUT2D eigenvalue weighted by molar-refractivity contribution is 7.99. The molecule has 3 nitrogen and oxygen atoms in total. The van der Waals surface area contributed by atoms with Crippen LogP contribution in [0.4, 0.5) is 0 Å². The van der Waals surface area contributed by atoms with Crippen molar-refractivity contribution in [3.05, 3.63) is 59.7 Å². The van der Waals surface area contributed by atoms with Gasteiger partial charge in [-0.2, -0.15) is 0 Å². The first kappa shape index (κ1) is 13.1. The van der Waals surface area contributed by atoms with E-state index in [4.69, 9.17) is 15.9 Å². The minimum atomic E-state index is 0.0669. The quantitative estimate of drug-likeness (QED) is 0.669. The number of rotatable bonds is 4. The van der Waals surface area contributed by atoms with Gasteiger partial charge in [-0.15, -0.1) is 11.8 Å². The molecule has 0 aliphatic carbocycles. The summed E-state index contributed by atoms with van der Waals surface area (Å²) in [5, 5.41) is 7.45. The van der Waals surface area contributed by atoms with E-state index in [1.165, 1.54) is 10.5 Å². The van der Waals surface area contributed by atoms with Crippen LogP contribution in [-0.4, -0.2) is 18.2 Å². The number of hydrogen-bond donors (Lipinski definition) is 2. The number of nitrogens with one attached hydrogen (secondary N) is 1. The molecule has 20 heavy (non-hydrogen) atoms. The lowest BCUT2D eigenvalue weighted by Gasteiger charge is -2.13. The van der Waals surface area contributed by atoms with Crippen molar-refractivity contribution in [3.8, 4) is 5.75 Å². The maximum atomic E-state index is 7.45. The predicted octanol–water partition coefficient (Wildman–Crippen LogP) is 3.24. The van der Waals surface area contributed by atoms with E-state index in [9.17, 15) is 0 Å². The maximum Gasteiger partial charge on any atom is 0.122 e. The molecule has 1 atom stereocenters. The molecule has 1 aliphatic heterocycles. The van der Waals surface area contributed by atoms with Gasteiger partial charge in [0.1, 0.15) is 11.6 Å². The number of thioether (sulfide) groups is 1. The number of amidine groups is 1. The fourth-order valence-electron chi connectivity index (χ4n) is 2.32. The van der Waals surface area contributed by atoms with Crippen LogP contribution in [-0.2, 0) is 0 Å². The minimum Gasteiger partial charge on any atom is -0.493 e. The van der Waals surface area contributed by atoms with Gasteiger partial charge in [-0.05, 0) is 23.8 Å². The van der Waals surface area contributed by atoms with E-state index in [0.29, 0.717) is 18.1 Å². The van der Waals surface area contributed by atoms with Gasteiger partial charge in [0.15, 0.2) is 0 Å². The van der Waals surface area contributed by atoms with Crippen molar-refractivity contribution >= 4 is 17.6 Å². The van der Waals surface area contributed by atoms with Crippen LogP contribution < -0.4 is 10.5 Å². The van der Waals surface area contributed by atoms with Crippen molar-refractivity contribution in [1.82, 2.24) is 0 Å². The van der Waals surface area contributed by atoms with Gasteiger partial charge in [0.2, 0.25) is 0 Å². The Morgan fingerprint density at radius 2 is 2.10 bits per heavy atom. The Bertz CT molecular complexity index is 642. The average molecular weight is 284 g/mol. The predicted molar refractivity (Wildman–Crippen MR) is 82.9 cm³/mol. The second kappa shape index (κ2) is 5.59. The van der Waals surface area contributed by atoms with Crippen LogP contribution in [0.25, 0.3) is 0 Å². The number of hydrogen-bond acceptors (Lipinski definition) is 3. The van der Waals surface area contributed by atoms with Gasteiger partial charge >= 0.3 is 0 Å². The number of fused-ring (bicyclic) bond motifs is 1. The normalized spacial score (nSPS) is 16.7. The molecule has 1 aliphatic rings. The van der Waals surface area contributed by atoms with Gasteiger partial charge < -0.3 is 10.5 Å². The highest BCUT2D eigenvalue weighted by Gasteiger charge is 2.23. The van der Waals surface area contributed by atoms with E-state index in [2.05, 4.69) is 24.3 Å². The number of nitrogen functional groups attached to an aromatic ring is 1. The minimum absolute atomic E-state index is 0.0669. The molecule has 0 saturated heterocycles. The summed E-state index contributed by atoms with van der Waals surface area (Å²) in [6, 6.07) is 15.9. The lowest BCUT2D eigenvalue weighted by molar-refractivity contribution is 0.298. The molecule has 2 aromatic carbocycles. The summed E-state index contributed by atoms with van der Waals surface area (Å²) in [6.07, 6.45) is 0. The topological polar surface area (TPSA) is 59.1 Å². The smallest absolute Gasteiger partial charge is 0.122 e. The van der Waals surface area contributed by atoms with Crippen LogP contribution in [0.1, 0.15) is 17.0 Å². The lowest BCUT2D eigenvalue weighted by Crippen LogP contribution is -2.12. The average Bonchev–Trinajstić information content (AvgIpc) is 2.89. The summed E-state index contributed by atoms with van der Waals surface area (Å²) in [7, 11) is 0. The molecule has 0 saturated carbocycles.